The number of aldehydes is 1. The van der Waals surface area contributed by atoms with Crippen LogP contribution in [0, 0.1) is 6.92 Å². The van der Waals surface area contributed by atoms with Gasteiger partial charge in [0, 0.05) is 16.6 Å². The molecule has 0 spiro atoms. The maximum Gasteiger partial charge on any atom is 0.170 e. The van der Waals surface area contributed by atoms with E-state index in [0.717, 1.165) is 27.8 Å². The molecule has 0 saturated carbocycles. The maximum absolute atomic E-state index is 10.8. The molecular formula is C12H11BrN2O. The number of rotatable bonds is 3. The first-order chi connectivity index (χ1) is 7.69. The molecule has 0 amide bonds. The smallest absolute Gasteiger partial charge is 0.170 e. The van der Waals surface area contributed by atoms with E-state index in [2.05, 4.69) is 25.9 Å². The topological polar surface area (TPSA) is 45.8 Å². The summed E-state index contributed by atoms with van der Waals surface area (Å²) in [6, 6.07) is 8.02. The predicted molar refractivity (Wildman–Crippen MR) is 65.7 cm³/mol. The molecule has 1 aromatic heterocycles. The number of hydrogen-bond donors (Lipinski definition) is 1. The molecule has 1 heterocycles. The number of benzene rings is 1. The zero-order valence-electron chi connectivity index (χ0n) is 8.83. The van der Waals surface area contributed by atoms with Gasteiger partial charge < -0.3 is 4.98 Å². The molecule has 0 bridgehead atoms. The van der Waals surface area contributed by atoms with Crippen molar-refractivity contribution in [2.45, 2.75) is 13.3 Å². The van der Waals surface area contributed by atoms with Crippen LogP contribution in [0.25, 0.3) is 0 Å². The molecule has 2 aromatic rings. The molecule has 1 aromatic carbocycles. The van der Waals surface area contributed by atoms with Gasteiger partial charge in [-0.05, 0) is 24.6 Å². The Morgan fingerprint density at radius 2 is 2.06 bits per heavy atom. The van der Waals surface area contributed by atoms with Gasteiger partial charge in [-0.3, -0.25) is 4.79 Å². The van der Waals surface area contributed by atoms with E-state index in [1.54, 1.807) is 0 Å². The largest absolute Gasteiger partial charge is 0.345 e. The number of nitrogens with zero attached hydrogens (tertiary/aromatic N) is 1. The summed E-state index contributed by atoms with van der Waals surface area (Å²) in [6.45, 7) is 1.85. The number of aromatic amines is 1. The number of aryl methyl sites for hydroxylation is 1. The van der Waals surface area contributed by atoms with Gasteiger partial charge in [0.25, 0.3) is 0 Å². The van der Waals surface area contributed by atoms with E-state index < -0.39 is 0 Å². The van der Waals surface area contributed by atoms with Crippen molar-refractivity contribution < 1.29 is 4.79 Å². The van der Waals surface area contributed by atoms with Gasteiger partial charge in [0.05, 0.1) is 0 Å². The third kappa shape index (κ3) is 2.39. The number of nitrogens with one attached hydrogen (secondary N) is 1. The summed E-state index contributed by atoms with van der Waals surface area (Å²) in [7, 11) is 0. The fourth-order valence-electron chi connectivity index (χ4n) is 1.60. The average Bonchev–Trinajstić information content (AvgIpc) is 2.62. The lowest BCUT2D eigenvalue weighted by Gasteiger charge is -2.00. The van der Waals surface area contributed by atoms with Crippen LogP contribution in [-0.4, -0.2) is 16.3 Å². The van der Waals surface area contributed by atoms with Gasteiger partial charge in [-0.15, -0.1) is 0 Å². The quantitative estimate of drug-likeness (QED) is 0.878. The second-order valence-electron chi connectivity index (χ2n) is 3.61. The van der Waals surface area contributed by atoms with Crippen LogP contribution in [0.1, 0.15) is 27.6 Å². The van der Waals surface area contributed by atoms with Gasteiger partial charge in [-0.1, -0.05) is 28.1 Å². The van der Waals surface area contributed by atoms with Crippen molar-refractivity contribution in [2.75, 3.05) is 0 Å². The van der Waals surface area contributed by atoms with Crippen LogP contribution in [0.3, 0.4) is 0 Å². The van der Waals surface area contributed by atoms with E-state index in [4.69, 9.17) is 0 Å². The van der Waals surface area contributed by atoms with Gasteiger partial charge >= 0.3 is 0 Å². The Balaban J connectivity index is 2.26. The summed E-state index contributed by atoms with van der Waals surface area (Å²) >= 11 is 3.39. The number of imidazole rings is 1. The van der Waals surface area contributed by atoms with Gasteiger partial charge in [0.15, 0.2) is 6.29 Å². The van der Waals surface area contributed by atoms with E-state index in [9.17, 15) is 4.79 Å². The van der Waals surface area contributed by atoms with Gasteiger partial charge in [0.1, 0.15) is 11.5 Å². The molecule has 16 heavy (non-hydrogen) atoms. The molecule has 82 valence electrons. The Morgan fingerprint density at radius 3 is 2.69 bits per heavy atom. The van der Waals surface area contributed by atoms with E-state index in [1.165, 1.54) is 0 Å². The number of halogens is 1. The molecule has 3 nitrogen and oxygen atoms in total. The number of carbonyl (C=O) groups is 1. The third-order valence-corrected chi connectivity index (χ3v) is 2.86. The first-order valence-corrected chi connectivity index (χ1v) is 5.73. The van der Waals surface area contributed by atoms with E-state index in [-0.39, 0.29) is 0 Å². The summed E-state index contributed by atoms with van der Waals surface area (Å²) in [4.78, 5) is 18.0. The molecule has 0 aliphatic carbocycles. The van der Waals surface area contributed by atoms with Crippen molar-refractivity contribution in [3.63, 3.8) is 0 Å². The molecule has 0 aliphatic heterocycles. The van der Waals surface area contributed by atoms with E-state index in [0.29, 0.717) is 12.1 Å². The Morgan fingerprint density at radius 1 is 1.38 bits per heavy atom. The Bertz CT molecular complexity index is 502. The summed E-state index contributed by atoms with van der Waals surface area (Å²) in [6.07, 6.45) is 1.49. The second kappa shape index (κ2) is 4.61. The highest BCUT2D eigenvalue weighted by atomic mass is 79.9. The molecule has 2 rings (SSSR count). The maximum atomic E-state index is 10.8. The van der Waals surface area contributed by atoms with Crippen LogP contribution < -0.4 is 0 Å². The predicted octanol–water partition coefficient (Wildman–Crippen LogP) is 2.88. The number of H-pyrrole nitrogens is 1. The number of carbonyl (C=O) groups excluding carboxylic acids is 1. The summed E-state index contributed by atoms with van der Waals surface area (Å²) in [5, 5.41) is 0. The van der Waals surface area contributed by atoms with Crippen LogP contribution in [-0.2, 0) is 6.42 Å². The second-order valence-corrected chi connectivity index (χ2v) is 4.52. The van der Waals surface area contributed by atoms with Crippen LogP contribution in [0.2, 0.25) is 0 Å². The van der Waals surface area contributed by atoms with Crippen LogP contribution in [0.15, 0.2) is 28.7 Å². The van der Waals surface area contributed by atoms with Crippen LogP contribution in [0.5, 0.6) is 0 Å². The zero-order valence-corrected chi connectivity index (χ0v) is 10.4. The van der Waals surface area contributed by atoms with Gasteiger partial charge in [-0.25, -0.2) is 4.98 Å². The van der Waals surface area contributed by atoms with Crippen molar-refractivity contribution in [3.8, 4) is 0 Å². The first-order valence-electron chi connectivity index (χ1n) is 4.94. The minimum atomic E-state index is 0.500. The molecule has 0 aliphatic rings. The van der Waals surface area contributed by atoms with Crippen molar-refractivity contribution >= 4 is 22.2 Å². The summed E-state index contributed by atoms with van der Waals surface area (Å²) in [5.74, 6) is 0.772. The Kier molecular flexibility index (Phi) is 3.19. The fraction of sp³-hybridized carbons (Fsp3) is 0.167. The monoisotopic (exact) mass is 278 g/mol. The van der Waals surface area contributed by atoms with Crippen LogP contribution >= 0.6 is 15.9 Å². The van der Waals surface area contributed by atoms with E-state index >= 15 is 0 Å². The van der Waals surface area contributed by atoms with Crippen molar-refractivity contribution in [2.24, 2.45) is 0 Å². The number of hydrogen-bond acceptors (Lipinski definition) is 2. The lowest BCUT2D eigenvalue weighted by atomic mass is 10.1. The molecule has 0 atom stereocenters. The molecule has 4 heteroatoms. The molecule has 0 fully saturated rings. The average molecular weight is 279 g/mol. The highest BCUT2D eigenvalue weighted by Crippen LogP contribution is 2.14. The summed E-state index contributed by atoms with van der Waals surface area (Å²) in [5.41, 5.74) is 2.52. The summed E-state index contributed by atoms with van der Waals surface area (Å²) < 4.78 is 1.05. The Hall–Kier alpha value is -1.42. The fourth-order valence-corrected chi connectivity index (χ4v) is 1.86. The van der Waals surface area contributed by atoms with Crippen molar-refractivity contribution in [3.05, 3.63) is 51.5 Å². The Labute approximate surface area is 102 Å². The molecule has 0 saturated heterocycles. The standard InChI is InChI=1S/C12H11BrN2O/c1-8-14-11(12(7-16)15-8)6-9-2-4-10(13)5-3-9/h2-5,7H,6H2,1H3,(H,14,15). The highest BCUT2D eigenvalue weighted by Gasteiger charge is 2.07. The lowest BCUT2D eigenvalue weighted by Crippen LogP contribution is -1.93. The first kappa shape index (κ1) is 11.1. The minimum Gasteiger partial charge on any atom is -0.345 e. The number of aromatic nitrogens is 2. The zero-order chi connectivity index (χ0) is 11.5. The molecule has 1 N–H and O–H groups in total. The van der Waals surface area contributed by atoms with Crippen molar-refractivity contribution in [1.82, 2.24) is 9.97 Å². The molecule has 0 unspecified atom stereocenters. The van der Waals surface area contributed by atoms with E-state index in [1.807, 2.05) is 31.2 Å². The molecular weight excluding hydrogens is 268 g/mol. The SMILES string of the molecule is Cc1nc(C=O)c(Cc2ccc(Br)cc2)[nH]1. The van der Waals surface area contributed by atoms with Gasteiger partial charge in [0.2, 0.25) is 0 Å². The van der Waals surface area contributed by atoms with Crippen LogP contribution in [0.4, 0.5) is 0 Å². The lowest BCUT2D eigenvalue weighted by molar-refractivity contribution is 0.111. The van der Waals surface area contributed by atoms with Gasteiger partial charge in [-0.2, -0.15) is 0 Å². The van der Waals surface area contributed by atoms with Crippen molar-refractivity contribution in [1.29, 1.82) is 0 Å². The molecule has 0 radical (unpaired) electrons. The minimum absolute atomic E-state index is 0.500. The normalized spacial score (nSPS) is 10.4. The third-order valence-electron chi connectivity index (χ3n) is 2.33. The highest BCUT2D eigenvalue weighted by molar-refractivity contribution is 9.10.